The van der Waals surface area contributed by atoms with Gasteiger partial charge in [-0.3, -0.25) is 0 Å². The molecule has 2 atom stereocenters. The molecular weight excluding hydrogens is 222 g/mol. The molecule has 2 rings (SSSR count). The molecule has 2 fully saturated rings. The lowest BCUT2D eigenvalue weighted by molar-refractivity contribution is -0.250. The quantitative estimate of drug-likeness (QED) is 0.745. The van der Waals surface area contributed by atoms with Crippen LogP contribution in [-0.4, -0.2) is 46.6 Å². The van der Waals surface area contributed by atoms with E-state index in [1.54, 1.807) is 19.9 Å². The first-order valence-corrected chi connectivity index (χ1v) is 5.82. The Morgan fingerprint density at radius 2 is 1.94 bits per heavy atom. The summed E-state index contributed by atoms with van der Waals surface area (Å²) in [6.45, 7) is 11.9. The summed E-state index contributed by atoms with van der Waals surface area (Å²) < 4.78 is 17.0. The molecule has 2 heterocycles. The maximum absolute atomic E-state index is 10.3. The molecule has 2 saturated heterocycles. The number of hydrogen-bond acceptors (Lipinski definition) is 5. The summed E-state index contributed by atoms with van der Waals surface area (Å²) >= 11 is 0. The van der Waals surface area contributed by atoms with Gasteiger partial charge >= 0.3 is 0 Å². The maximum Gasteiger partial charge on any atom is 0.163 e. The summed E-state index contributed by atoms with van der Waals surface area (Å²) in [7, 11) is 0. The van der Waals surface area contributed by atoms with E-state index in [9.17, 15) is 5.21 Å². The Labute approximate surface area is 102 Å². The smallest absolute Gasteiger partial charge is 0.163 e. The first-order valence-electron chi connectivity index (χ1n) is 5.82. The largest absolute Gasteiger partial charge is 0.356 e. The molecule has 17 heavy (non-hydrogen) atoms. The lowest BCUT2D eigenvalue weighted by atomic mass is 9.93. The molecule has 0 aromatic heterocycles. The Bertz CT molecular complexity index is 328. The molecule has 0 saturated carbocycles. The third kappa shape index (κ3) is 1.92. The van der Waals surface area contributed by atoms with Crippen molar-refractivity contribution >= 4 is 0 Å². The van der Waals surface area contributed by atoms with Crippen molar-refractivity contribution in [2.45, 2.75) is 50.8 Å². The van der Waals surface area contributed by atoms with Gasteiger partial charge in [0.15, 0.2) is 5.79 Å². The van der Waals surface area contributed by atoms with Crippen molar-refractivity contribution in [3.8, 4) is 0 Å². The summed E-state index contributed by atoms with van der Waals surface area (Å²) in [4.78, 5) is 0. The molecule has 0 aromatic rings. The van der Waals surface area contributed by atoms with Crippen molar-refractivity contribution in [1.29, 1.82) is 0 Å². The zero-order valence-electron chi connectivity index (χ0n) is 10.9. The van der Waals surface area contributed by atoms with Crippen molar-refractivity contribution in [3.05, 3.63) is 12.7 Å². The topological polar surface area (TPSA) is 51.2 Å². The normalized spacial score (nSPS) is 40.6. The summed E-state index contributed by atoms with van der Waals surface area (Å²) in [5.74, 6) is -0.631. The van der Waals surface area contributed by atoms with Crippen LogP contribution in [0.4, 0.5) is 0 Å². The number of rotatable bonds is 2. The van der Waals surface area contributed by atoms with E-state index in [0.29, 0.717) is 13.2 Å². The Morgan fingerprint density at radius 3 is 2.29 bits per heavy atom. The van der Waals surface area contributed by atoms with E-state index in [0.717, 1.165) is 0 Å². The fraction of sp³-hybridized carbons (Fsp3) is 0.833. The zero-order chi connectivity index (χ0) is 12.9. The van der Waals surface area contributed by atoms with E-state index in [1.165, 1.54) is 5.06 Å². The second kappa shape index (κ2) is 3.76. The van der Waals surface area contributed by atoms with Crippen molar-refractivity contribution in [2.24, 2.45) is 0 Å². The molecule has 98 valence electrons. The molecule has 0 radical (unpaired) electrons. The van der Waals surface area contributed by atoms with Gasteiger partial charge in [-0.1, -0.05) is 6.08 Å². The third-order valence-electron chi connectivity index (χ3n) is 3.48. The average molecular weight is 243 g/mol. The lowest BCUT2D eigenvalue weighted by Gasteiger charge is -2.38. The van der Waals surface area contributed by atoms with Crippen LogP contribution in [-0.2, 0) is 14.2 Å². The molecular formula is C12H21NO4. The standard InChI is InChI=1S/C12H21NO4/c1-6-12(8-16-10(2,3)13(12)14)9-7-15-11(4,5)17-9/h6,9,14H,1,7-8H2,2-5H3/t9-,12+/m0/s1. The third-order valence-corrected chi connectivity index (χ3v) is 3.48. The molecule has 0 spiro atoms. The van der Waals surface area contributed by atoms with E-state index in [-0.39, 0.29) is 6.10 Å². The predicted octanol–water partition coefficient (Wildman–Crippen LogP) is 1.52. The Balaban J connectivity index is 2.25. The molecule has 0 aliphatic carbocycles. The van der Waals surface area contributed by atoms with E-state index in [1.807, 2.05) is 13.8 Å². The maximum atomic E-state index is 10.3. The van der Waals surface area contributed by atoms with Crippen LogP contribution in [0.15, 0.2) is 12.7 Å². The van der Waals surface area contributed by atoms with Crippen LogP contribution >= 0.6 is 0 Å². The Morgan fingerprint density at radius 1 is 1.29 bits per heavy atom. The van der Waals surface area contributed by atoms with Crippen LogP contribution in [0.1, 0.15) is 27.7 Å². The zero-order valence-corrected chi connectivity index (χ0v) is 10.9. The highest BCUT2D eigenvalue weighted by Crippen LogP contribution is 2.41. The fourth-order valence-corrected chi connectivity index (χ4v) is 2.36. The van der Waals surface area contributed by atoms with E-state index in [4.69, 9.17) is 14.2 Å². The summed E-state index contributed by atoms with van der Waals surface area (Å²) in [5, 5.41) is 11.5. The minimum Gasteiger partial charge on any atom is -0.356 e. The number of hydroxylamine groups is 2. The van der Waals surface area contributed by atoms with Gasteiger partial charge in [0, 0.05) is 0 Å². The molecule has 5 heteroatoms. The second-order valence-electron chi connectivity index (χ2n) is 5.56. The van der Waals surface area contributed by atoms with Gasteiger partial charge in [-0.05, 0) is 27.7 Å². The molecule has 0 aromatic carbocycles. The molecule has 5 nitrogen and oxygen atoms in total. The lowest BCUT2D eigenvalue weighted by Crippen LogP contribution is -2.57. The SMILES string of the molecule is C=C[C@]1([C@@H]2COC(C)(C)O2)COC(C)(C)N1O. The van der Waals surface area contributed by atoms with E-state index >= 15 is 0 Å². The monoisotopic (exact) mass is 243 g/mol. The Kier molecular flexibility index (Phi) is 2.88. The minimum absolute atomic E-state index is 0.290. The first kappa shape index (κ1) is 13.0. The molecule has 0 unspecified atom stereocenters. The second-order valence-corrected chi connectivity index (χ2v) is 5.56. The molecule has 2 aliphatic heterocycles. The molecule has 1 N–H and O–H groups in total. The summed E-state index contributed by atoms with van der Waals surface area (Å²) in [6.07, 6.45) is 1.39. The van der Waals surface area contributed by atoms with E-state index in [2.05, 4.69) is 6.58 Å². The van der Waals surface area contributed by atoms with Crippen LogP contribution < -0.4 is 0 Å². The highest BCUT2D eigenvalue weighted by molar-refractivity contribution is 5.13. The number of hydrogen-bond donors (Lipinski definition) is 1. The van der Waals surface area contributed by atoms with Gasteiger partial charge in [-0.2, -0.15) is 0 Å². The van der Waals surface area contributed by atoms with Gasteiger partial charge in [0.2, 0.25) is 0 Å². The van der Waals surface area contributed by atoms with Gasteiger partial charge in [0.25, 0.3) is 0 Å². The van der Waals surface area contributed by atoms with Crippen molar-refractivity contribution < 1.29 is 19.4 Å². The molecule has 0 bridgehead atoms. The van der Waals surface area contributed by atoms with Gasteiger partial charge < -0.3 is 19.4 Å². The van der Waals surface area contributed by atoms with Crippen LogP contribution in [0.25, 0.3) is 0 Å². The van der Waals surface area contributed by atoms with Crippen LogP contribution in [0.2, 0.25) is 0 Å². The van der Waals surface area contributed by atoms with Crippen LogP contribution in [0, 0.1) is 0 Å². The van der Waals surface area contributed by atoms with Crippen LogP contribution in [0.5, 0.6) is 0 Å². The van der Waals surface area contributed by atoms with Gasteiger partial charge in [0.05, 0.1) is 13.2 Å². The first-order chi connectivity index (χ1) is 7.73. The van der Waals surface area contributed by atoms with Gasteiger partial charge in [0.1, 0.15) is 17.4 Å². The molecule has 2 aliphatic rings. The van der Waals surface area contributed by atoms with Gasteiger partial charge in [-0.25, -0.2) is 0 Å². The van der Waals surface area contributed by atoms with Crippen molar-refractivity contribution in [3.63, 3.8) is 0 Å². The fourth-order valence-electron chi connectivity index (χ4n) is 2.36. The predicted molar refractivity (Wildman–Crippen MR) is 61.5 cm³/mol. The average Bonchev–Trinajstić information content (AvgIpc) is 2.70. The highest BCUT2D eigenvalue weighted by Gasteiger charge is 2.57. The van der Waals surface area contributed by atoms with Crippen molar-refractivity contribution in [2.75, 3.05) is 13.2 Å². The highest BCUT2D eigenvalue weighted by atomic mass is 16.7. The summed E-state index contributed by atoms with van der Waals surface area (Å²) in [6, 6.07) is 0. The molecule has 0 amide bonds. The van der Waals surface area contributed by atoms with Crippen molar-refractivity contribution in [1.82, 2.24) is 5.06 Å². The Hall–Kier alpha value is -0.460. The van der Waals surface area contributed by atoms with Crippen LogP contribution in [0.3, 0.4) is 0 Å². The van der Waals surface area contributed by atoms with E-state index < -0.39 is 17.1 Å². The minimum atomic E-state index is -0.753. The number of ether oxygens (including phenoxy) is 3. The summed E-state index contributed by atoms with van der Waals surface area (Å²) in [5.41, 5.74) is -1.50. The number of nitrogens with zero attached hydrogens (tertiary/aromatic N) is 1. The van der Waals surface area contributed by atoms with Gasteiger partial charge in [-0.15, -0.1) is 11.6 Å².